The van der Waals surface area contributed by atoms with Crippen LogP contribution in [0, 0.1) is 11.7 Å². The fourth-order valence-electron chi connectivity index (χ4n) is 3.75. The van der Waals surface area contributed by atoms with E-state index in [1.165, 1.54) is 24.2 Å². The van der Waals surface area contributed by atoms with E-state index in [9.17, 15) is 9.18 Å². The molecule has 4 rings (SSSR count). The first kappa shape index (κ1) is 19.0. The van der Waals surface area contributed by atoms with Gasteiger partial charge in [0.25, 0.3) is 0 Å². The number of carbonyl (C=O) groups excluding carboxylic acids is 1. The molecule has 3 aromatic rings. The Morgan fingerprint density at radius 3 is 2.82 bits per heavy atom. The molecule has 1 aliphatic rings. The molecule has 0 radical (unpaired) electrons. The Morgan fingerprint density at radius 1 is 1.21 bits per heavy atom. The van der Waals surface area contributed by atoms with E-state index in [-0.39, 0.29) is 11.7 Å². The summed E-state index contributed by atoms with van der Waals surface area (Å²) in [6, 6.07) is 14.6. The molecule has 2 aromatic carbocycles. The normalized spacial score (nSPS) is 17.2. The van der Waals surface area contributed by atoms with Gasteiger partial charge in [0, 0.05) is 18.7 Å². The van der Waals surface area contributed by atoms with Gasteiger partial charge in [-0.15, -0.1) is 0 Å². The van der Waals surface area contributed by atoms with Crippen molar-refractivity contribution in [2.75, 3.05) is 18.8 Å². The Morgan fingerprint density at radius 2 is 2.00 bits per heavy atom. The highest BCUT2D eigenvalue weighted by Gasteiger charge is 2.22. The van der Waals surface area contributed by atoms with Crippen LogP contribution in [-0.4, -0.2) is 39.2 Å². The van der Waals surface area contributed by atoms with E-state index in [0.29, 0.717) is 23.8 Å². The van der Waals surface area contributed by atoms with Crippen molar-refractivity contribution >= 4 is 28.7 Å². The van der Waals surface area contributed by atoms with Crippen LogP contribution in [0.1, 0.15) is 25.3 Å². The monoisotopic (exact) mass is 397 g/mol. The number of hydrogen-bond acceptors (Lipinski definition) is 3. The maximum Gasteiger partial charge on any atom is 0.233 e. The van der Waals surface area contributed by atoms with E-state index in [1.54, 1.807) is 12.1 Å². The molecule has 1 atom stereocenters. The Kier molecular flexibility index (Phi) is 5.67. The number of thioether (sulfide) groups is 1. The number of rotatable bonds is 5. The van der Waals surface area contributed by atoms with Gasteiger partial charge in [-0.25, -0.2) is 9.37 Å². The fraction of sp³-hybridized carbons (Fsp3) is 0.364. The molecule has 2 heterocycles. The largest absolute Gasteiger partial charge is 0.342 e. The van der Waals surface area contributed by atoms with Crippen molar-refractivity contribution in [3.05, 3.63) is 59.9 Å². The molecule has 0 unspecified atom stereocenters. The average molecular weight is 398 g/mol. The van der Waals surface area contributed by atoms with Crippen LogP contribution in [0.2, 0.25) is 0 Å². The van der Waals surface area contributed by atoms with E-state index < -0.39 is 0 Å². The van der Waals surface area contributed by atoms with E-state index >= 15 is 0 Å². The number of fused-ring (bicyclic) bond motifs is 1. The molecule has 1 aromatic heterocycles. The van der Waals surface area contributed by atoms with Gasteiger partial charge in [-0.3, -0.25) is 4.79 Å². The summed E-state index contributed by atoms with van der Waals surface area (Å²) < 4.78 is 16.2. The fourth-order valence-corrected chi connectivity index (χ4v) is 4.66. The topological polar surface area (TPSA) is 38.1 Å². The van der Waals surface area contributed by atoms with Gasteiger partial charge in [0.2, 0.25) is 5.91 Å². The molecule has 0 saturated carbocycles. The summed E-state index contributed by atoms with van der Waals surface area (Å²) in [7, 11) is 0. The van der Waals surface area contributed by atoms with Gasteiger partial charge in [-0.2, -0.15) is 0 Å². The number of hydrogen-bond donors (Lipinski definition) is 0. The lowest BCUT2D eigenvalue weighted by Gasteiger charge is -2.30. The van der Waals surface area contributed by atoms with Crippen molar-refractivity contribution < 1.29 is 9.18 Å². The van der Waals surface area contributed by atoms with Crippen LogP contribution in [0.4, 0.5) is 4.39 Å². The van der Waals surface area contributed by atoms with Crippen LogP contribution >= 0.6 is 11.8 Å². The number of para-hydroxylation sites is 2. The summed E-state index contributed by atoms with van der Waals surface area (Å²) in [5.74, 6) is 0.844. The summed E-state index contributed by atoms with van der Waals surface area (Å²) in [6.07, 6.45) is 2.26. The van der Waals surface area contributed by atoms with Gasteiger partial charge in [0.15, 0.2) is 5.16 Å². The van der Waals surface area contributed by atoms with Gasteiger partial charge >= 0.3 is 0 Å². The lowest BCUT2D eigenvalue weighted by molar-refractivity contribution is -0.130. The molecule has 4 nitrogen and oxygen atoms in total. The highest BCUT2D eigenvalue weighted by molar-refractivity contribution is 7.99. The van der Waals surface area contributed by atoms with Crippen LogP contribution in [0.5, 0.6) is 0 Å². The van der Waals surface area contributed by atoms with Gasteiger partial charge < -0.3 is 9.47 Å². The SMILES string of the molecule is C[C@@H]1CCCN(C(=O)CSc2nc3ccccc3n2Cc2ccccc2F)C1. The second-order valence-corrected chi connectivity index (χ2v) is 8.38. The minimum absolute atomic E-state index is 0.154. The van der Waals surface area contributed by atoms with Gasteiger partial charge in [0.05, 0.1) is 23.3 Å². The lowest BCUT2D eigenvalue weighted by Crippen LogP contribution is -2.40. The minimum atomic E-state index is -0.227. The zero-order valence-electron chi connectivity index (χ0n) is 16.0. The maximum absolute atomic E-state index is 14.2. The number of aromatic nitrogens is 2. The summed E-state index contributed by atoms with van der Waals surface area (Å²) in [5.41, 5.74) is 2.43. The van der Waals surface area contributed by atoms with Gasteiger partial charge in [0.1, 0.15) is 5.82 Å². The van der Waals surface area contributed by atoms with E-state index in [0.717, 1.165) is 35.7 Å². The number of carbonyl (C=O) groups is 1. The molecule has 0 spiro atoms. The second kappa shape index (κ2) is 8.35. The standard InChI is InChI=1S/C22H24FN3OS/c1-16-7-6-12-25(13-16)21(27)15-28-22-24-19-10-4-5-11-20(19)26(22)14-17-8-2-3-9-18(17)23/h2-5,8-11,16H,6-7,12-15H2,1H3/t16-/m1/s1. The highest BCUT2D eigenvalue weighted by atomic mass is 32.2. The molecule has 1 amide bonds. The molecule has 28 heavy (non-hydrogen) atoms. The molecular formula is C22H24FN3OS. The molecule has 1 saturated heterocycles. The van der Waals surface area contributed by atoms with Gasteiger partial charge in [-0.1, -0.05) is 49.0 Å². The molecule has 0 aliphatic carbocycles. The molecule has 0 N–H and O–H groups in total. The van der Waals surface area contributed by atoms with Crippen molar-refractivity contribution in [2.45, 2.75) is 31.5 Å². The lowest BCUT2D eigenvalue weighted by atomic mass is 10.0. The van der Waals surface area contributed by atoms with Crippen molar-refractivity contribution in [1.82, 2.24) is 14.5 Å². The number of halogens is 1. The van der Waals surface area contributed by atoms with Crippen molar-refractivity contribution in [1.29, 1.82) is 0 Å². The van der Waals surface area contributed by atoms with E-state index in [1.807, 2.05) is 39.8 Å². The third-order valence-corrected chi connectivity index (χ3v) is 6.20. The van der Waals surface area contributed by atoms with E-state index in [4.69, 9.17) is 4.98 Å². The smallest absolute Gasteiger partial charge is 0.233 e. The number of amides is 1. The predicted octanol–water partition coefficient (Wildman–Crippen LogP) is 4.57. The Hall–Kier alpha value is -2.34. The molecule has 146 valence electrons. The van der Waals surface area contributed by atoms with Crippen molar-refractivity contribution in [3.8, 4) is 0 Å². The van der Waals surface area contributed by atoms with Crippen molar-refractivity contribution in [3.63, 3.8) is 0 Å². The third kappa shape index (κ3) is 4.07. The summed E-state index contributed by atoms with van der Waals surface area (Å²) in [4.78, 5) is 19.3. The number of imidazole rings is 1. The molecule has 0 bridgehead atoms. The van der Waals surface area contributed by atoms with Crippen LogP contribution in [0.15, 0.2) is 53.7 Å². The second-order valence-electron chi connectivity index (χ2n) is 7.44. The van der Waals surface area contributed by atoms with Crippen LogP contribution in [0.25, 0.3) is 11.0 Å². The zero-order chi connectivity index (χ0) is 19.5. The maximum atomic E-state index is 14.2. The quantitative estimate of drug-likeness (QED) is 0.592. The van der Waals surface area contributed by atoms with Crippen LogP contribution < -0.4 is 0 Å². The predicted molar refractivity (Wildman–Crippen MR) is 111 cm³/mol. The van der Waals surface area contributed by atoms with Crippen molar-refractivity contribution in [2.24, 2.45) is 5.92 Å². The average Bonchev–Trinajstić information content (AvgIpc) is 3.05. The first-order valence-electron chi connectivity index (χ1n) is 9.71. The van der Waals surface area contributed by atoms with Crippen LogP contribution in [0.3, 0.4) is 0 Å². The van der Waals surface area contributed by atoms with Gasteiger partial charge in [-0.05, 0) is 37.0 Å². The number of benzene rings is 2. The molecular weight excluding hydrogens is 373 g/mol. The third-order valence-electron chi connectivity index (χ3n) is 5.24. The Balaban J connectivity index is 1.56. The summed E-state index contributed by atoms with van der Waals surface area (Å²) in [5, 5.41) is 0.753. The minimum Gasteiger partial charge on any atom is -0.342 e. The number of piperidine rings is 1. The summed E-state index contributed by atoms with van der Waals surface area (Å²) in [6.45, 7) is 4.27. The summed E-state index contributed by atoms with van der Waals surface area (Å²) >= 11 is 1.44. The number of nitrogens with zero attached hydrogens (tertiary/aromatic N) is 3. The highest BCUT2D eigenvalue weighted by Crippen LogP contribution is 2.26. The Labute approximate surface area is 168 Å². The first-order valence-corrected chi connectivity index (χ1v) is 10.7. The van der Waals surface area contributed by atoms with E-state index in [2.05, 4.69) is 6.92 Å². The Bertz CT molecular complexity index is 987. The molecule has 1 aliphatic heterocycles. The molecule has 1 fully saturated rings. The first-order chi connectivity index (χ1) is 13.6. The van der Waals surface area contributed by atoms with Crippen LogP contribution in [-0.2, 0) is 11.3 Å². The number of likely N-dealkylation sites (tertiary alicyclic amines) is 1. The zero-order valence-corrected chi connectivity index (χ0v) is 16.8. The molecule has 6 heteroatoms.